The minimum Gasteiger partial charge on any atom is -0.473 e. The highest BCUT2D eigenvalue weighted by Crippen LogP contribution is 2.35. The summed E-state index contributed by atoms with van der Waals surface area (Å²) in [7, 11) is 3.68. The van der Waals surface area contributed by atoms with Gasteiger partial charge in [-0.05, 0) is 56.1 Å². The Bertz CT molecular complexity index is 829. The maximum atomic E-state index is 9.89. The number of methoxy groups -OCH3 is 1. The second kappa shape index (κ2) is 12.8. The fourth-order valence-electron chi connectivity index (χ4n) is 3.81. The number of benzene rings is 2. The van der Waals surface area contributed by atoms with Gasteiger partial charge in [0.1, 0.15) is 0 Å². The van der Waals surface area contributed by atoms with E-state index in [1.54, 1.807) is 7.11 Å². The maximum absolute atomic E-state index is 9.89. The van der Waals surface area contributed by atoms with Crippen LogP contribution in [0.5, 0.6) is 0 Å². The highest BCUT2D eigenvalue weighted by Gasteiger charge is 2.20. The first-order valence-electron chi connectivity index (χ1n) is 10.6. The predicted molar refractivity (Wildman–Crippen MR) is 123 cm³/mol. The van der Waals surface area contributed by atoms with Crippen LogP contribution in [0.3, 0.4) is 0 Å². The predicted octanol–water partition coefficient (Wildman–Crippen LogP) is 2.41. The molecule has 0 amide bonds. The van der Waals surface area contributed by atoms with Gasteiger partial charge in [0, 0.05) is 31.6 Å². The summed E-state index contributed by atoms with van der Waals surface area (Å²) in [6, 6.07) is 17.5. The van der Waals surface area contributed by atoms with Crippen molar-refractivity contribution < 1.29 is 29.6 Å². The first kappa shape index (κ1) is 25.3. The fraction of sp³-hybridized carbons (Fsp3) is 0.417. The molecule has 8 nitrogen and oxygen atoms in total. The number of likely N-dealkylation sites (N-methyl/N-ethyl adjacent to an activating group) is 1. The highest BCUT2D eigenvalue weighted by molar-refractivity contribution is 6.27. The molecule has 2 aromatic carbocycles. The Labute approximate surface area is 188 Å². The van der Waals surface area contributed by atoms with Crippen molar-refractivity contribution in [1.29, 1.82) is 0 Å². The van der Waals surface area contributed by atoms with E-state index in [1.165, 1.54) is 22.5 Å². The molecule has 1 aliphatic heterocycles. The lowest BCUT2D eigenvalue weighted by molar-refractivity contribution is -0.159. The molecule has 32 heavy (non-hydrogen) atoms. The van der Waals surface area contributed by atoms with Gasteiger partial charge >= 0.3 is 11.9 Å². The van der Waals surface area contributed by atoms with E-state index in [9.17, 15) is 5.11 Å². The monoisotopic (exact) mass is 444 g/mol. The second-order valence-corrected chi connectivity index (χ2v) is 7.74. The number of carboxylic acid groups (broad SMARTS) is 2. The lowest BCUT2D eigenvalue weighted by atomic mass is 10.0. The molecular weight excluding hydrogens is 412 g/mol. The number of aliphatic carboxylic acids is 2. The molecular formula is C24H32N2O6. The van der Waals surface area contributed by atoms with Gasteiger partial charge in [0.2, 0.25) is 0 Å². The van der Waals surface area contributed by atoms with Crippen molar-refractivity contribution >= 4 is 23.3 Å². The number of carboxylic acids is 2. The van der Waals surface area contributed by atoms with Crippen LogP contribution in [-0.4, -0.2) is 78.7 Å². The normalized spacial score (nSPS) is 13.3. The standard InChI is InChI=1S/C22H30N2O2.C2H2O4/c1-23(16-20(25)17-26-2)14-7-15-24-21-10-5-3-8-18(21)12-13-19-9-4-6-11-22(19)24;3-1(4)2(5)6/h3-6,8-11,20,25H,7,12-17H2,1-2H3;(H,3,4)(H,5,6). The Morgan fingerprint density at radius 1 is 1.00 bits per heavy atom. The summed E-state index contributed by atoms with van der Waals surface area (Å²) < 4.78 is 5.01. The summed E-state index contributed by atoms with van der Waals surface area (Å²) in [6.45, 7) is 2.94. The summed E-state index contributed by atoms with van der Waals surface area (Å²) >= 11 is 0. The van der Waals surface area contributed by atoms with Crippen LogP contribution < -0.4 is 4.90 Å². The summed E-state index contributed by atoms with van der Waals surface area (Å²) in [5.74, 6) is -3.65. The van der Waals surface area contributed by atoms with Crippen LogP contribution >= 0.6 is 0 Å². The van der Waals surface area contributed by atoms with Crippen LogP contribution in [0, 0.1) is 0 Å². The Morgan fingerprint density at radius 3 is 1.97 bits per heavy atom. The zero-order valence-corrected chi connectivity index (χ0v) is 18.6. The molecule has 3 N–H and O–H groups in total. The molecule has 1 unspecified atom stereocenters. The van der Waals surface area contributed by atoms with Gasteiger partial charge in [0.05, 0.1) is 12.7 Å². The van der Waals surface area contributed by atoms with Gasteiger partial charge in [-0.2, -0.15) is 0 Å². The van der Waals surface area contributed by atoms with E-state index in [1.807, 2.05) is 0 Å². The number of anilines is 2. The third-order valence-corrected chi connectivity index (χ3v) is 5.21. The average Bonchev–Trinajstić information content (AvgIpc) is 2.92. The summed E-state index contributed by atoms with van der Waals surface area (Å²) in [5.41, 5.74) is 5.51. The summed E-state index contributed by atoms with van der Waals surface area (Å²) in [6.07, 6.45) is 2.79. The smallest absolute Gasteiger partial charge is 0.414 e. The van der Waals surface area contributed by atoms with Gasteiger partial charge in [-0.25, -0.2) is 9.59 Å². The van der Waals surface area contributed by atoms with Crippen LogP contribution in [0.2, 0.25) is 0 Å². The minimum atomic E-state index is -1.82. The number of aryl methyl sites for hydroxylation is 2. The number of aliphatic hydroxyl groups excluding tert-OH is 1. The Balaban J connectivity index is 0.000000534. The van der Waals surface area contributed by atoms with E-state index in [0.29, 0.717) is 13.2 Å². The van der Waals surface area contributed by atoms with Gasteiger partial charge in [0.25, 0.3) is 0 Å². The first-order valence-corrected chi connectivity index (χ1v) is 10.6. The van der Waals surface area contributed by atoms with Crippen LogP contribution in [0.15, 0.2) is 48.5 Å². The van der Waals surface area contributed by atoms with Gasteiger partial charge in [-0.3, -0.25) is 0 Å². The first-order chi connectivity index (χ1) is 15.3. The molecule has 0 radical (unpaired) electrons. The molecule has 0 bridgehead atoms. The zero-order valence-electron chi connectivity index (χ0n) is 18.6. The molecule has 0 fully saturated rings. The molecule has 2 aromatic rings. The van der Waals surface area contributed by atoms with Crippen molar-refractivity contribution in [3.8, 4) is 0 Å². The van der Waals surface area contributed by atoms with Crippen LogP contribution in [-0.2, 0) is 27.2 Å². The third-order valence-electron chi connectivity index (χ3n) is 5.21. The van der Waals surface area contributed by atoms with Crippen molar-refractivity contribution in [2.75, 3.05) is 45.3 Å². The van der Waals surface area contributed by atoms with Crippen molar-refractivity contribution in [2.24, 2.45) is 0 Å². The van der Waals surface area contributed by atoms with E-state index >= 15 is 0 Å². The molecule has 0 spiro atoms. The molecule has 0 aliphatic carbocycles. The number of fused-ring (bicyclic) bond motifs is 2. The number of nitrogens with zero attached hydrogens (tertiary/aromatic N) is 2. The van der Waals surface area contributed by atoms with E-state index in [2.05, 4.69) is 65.4 Å². The molecule has 1 aliphatic rings. The Morgan fingerprint density at radius 2 is 1.50 bits per heavy atom. The van der Waals surface area contributed by atoms with Crippen molar-refractivity contribution in [2.45, 2.75) is 25.4 Å². The number of aliphatic hydroxyl groups is 1. The molecule has 3 rings (SSSR count). The largest absolute Gasteiger partial charge is 0.473 e. The third kappa shape index (κ3) is 7.64. The van der Waals surface area contributed by atoms with Crippen molar-refractivity contribution in [3.05, 3.63) is 59.7 Å². The molecule has 1 heterocycles. The molecule has 0 aromatic heterocycles. The van der Waals surface area contributed by atoms with Gasteiger partial charge < -0.3 is 29.9 Å². The topological polar surface area (TPSA) is 111 Å². The molecule has 8 heteroatoms. The number of carbonyl (C=O) groups is 2. The Hall–Kier alpha value is -2.94. The zero-order chi connectivity index (χ0) is 23.5. The molecule has 0 saturated heterocycles. The quantitative estimate of drug-likeness (QED) is 0.533. The fourth-order valence-corrected chi connectivity index (χ4v) is 3.81. The maximum Gasteiger partial charge on any atom is 0.414 e. The highest BCUT2D eigenvalue weighted by atomic mass is 16.5. The summed E-state index contributed by atoms with van der Waals surface area (Å²) in [4.78, 5) is 22.8. The molecule has 1 atom stereocenters. The number of hydrogen-bond acceptors (Lipinski definition) is 6. The second-order valence-electron chi connectivity index (χ2n) is 7.74. The van der Waals surface area contributed by atoms with Gasteiger partial charge in [-0.15, -0.1) is 0 Å². The summed E-state index contributed by atoms with van der Waals surface area (Å²) in [5, 5.41) is 24.7. The minimum absolute atomic E-state index is 0.386. The number of ether oxygens (including phenoxy) is 1. The lowest BCUT2D eigenvalue weighted by Crippen LogP contribution is -2.33. The van der Waals surface area contributed by atoms with E-state index < -0.39 is 18.0 Å². The van der Waals surface area contributed by atoms with Crippen molar-refractivity contribution in [3.63, 3.8) is 0 Å². The van der Waals surface area contributed by atoms with Crippen LogP contribution in [0.1, 0.15) is 17.5 Å². The molecule has 174 valence electrons. The van der Waals surface area contributed by atoms with E-state index in [4.69, 9.17) is 24.5 Å². The van der Waals surface area contributed by atoms with E-state index in [0.717, 1.165) is 32.4 Å². The average molecular weight is 445 g/mol. The van der Waals surface area contributed by atoms with Gasteiger partial charge in [-0.1, -0.05) is 36.4 Å². The molecule has 0 saturated carbocycles. The number of para-hydroxylation sites is 2. The lowest BCUT2D eigenvalue weighted by Gasteiger charge is -2.28. The van der Waals surface area contributed by atoms with Gasteiger partial charge in [0.15, 0.2) is 0 Å². The Kier molecular flexibility index (Phi) is 10.1. The van der Waals surface area contributed by atoms with Crippen LogP contribution in [0.25, 0.3) is 0 Å². The SMILES string of the molecule is COCC(O)CN(C)CCCN1c2ccccc2CCc2ccccc21.O=C(O)C(=O)O. The van der Waals surface area contributed by atoms with E-state index in [-0.39, 0.29) is 0 Å². The number of rotatable bonds is 8. The number of hydrogen-bond donors (Lipinski definition) is 3. The van der Waals surface area contributed by atoms with Crippen molar-refractivity contribution in [1.82, 2.24) is 4.90 Å². The van der Waals surface area contributed by atoms with Crippen LogP contribution in [0.4, 0.5) is 11.4 Å².